The third-order valence-corrected chi connectivity index (χ3v) is 3.65. The summed E-state index contributed by atoms with van der Waals surface area (Å²) in [5.74, 6) is 0.171. The first-order chi connectivity index (χ1) is 9.54. The van der Waals surface area contributed by atoms with Crippen molar-refractivity contribution in [2.24, 2.45) is 11.7 Å². The molecule has 0 spiro atoms. The van der Waals surface area contributed by atoms with Gasteiger partial charge in [0.2, 0.25) is 5.91 Å². The lowest BCUT2D eigenvalue weighted by atomic mass is 9.99. The number of nitrogens with zero attached hydrogens (tertiary/aromatic N) is 1. The second kappa shape index (κ2) is 10.6. The van der Waals surface area contributed by atoms with Crippen LogP contribution in [-0.4, -0.2) is 37.0 Å². The lowest BCUT2D eigenvalue weighted by molar-refractivity contribution is -0.123. The van der Waals surface area contributed by atoms with Crippen molar-refractivity contribution >= 4 is 18.3 Å². The van der Waals surface area contributed by atoms with E-state index in [0.717, 1.165) is 19.5 Å². The average Bonchev–Trinajstić information content (AvgIpc) is 2.46. The SMILES string of the molecule is CCC(C)C(N)C(=O)NCCN(C)Cc1ccccc1.Cl. The van der Waals surface area contributed by atoms with Crippen molar-refractivity contribution in [3.8, 4) is 0 Å². The van der Waals surface area contributed by atoms with Gasteiger partial charge in [0, 0.05) is 19.6 Å². The van der Waals surface area contributed by atoms with E-state index in [1.165, 1.54) is 5.56 Å². The lowest BCUT2D eigenvalue weighted by Crippen LogP contribution is -2.46. The summed E-state index contributed by atoms with van der Waals surface area (Å²) >= 11 is 0. The van der Waals surface area contributed by atoms with Gasteiger partial charge in [-0.25, -0.2) is 0 Å². The Balaban J connectivity index is 0.00000400. The summed E-state index contributed by atoms with van der Waals surface area (Å²) in [5.41, 5.74) is 7.16. The molecule has 1 aromatic carbocycles. The minimum atomic E-state index is -0.403. The molecule has 1 aromatic rings. The van der Waals surface area contributed by atoms with Crippen molar-refractivity contribution in [2.75, 3.05) is 20.1 Å². The minimum Gasteiger partial charge on any atom is -0.353 e. The largest absolute Gasteiger partial charge is 0.353 e. The van der Waals surface area contributed by atoms with Crippen molar-refractivity contribution in [2.45, 2.75) is 32.9 Å². The Morgan fingerprint density at radius 1 is 1.33 bits per heavy atom. The normalized spacial score (nSPS) is 13.4. The van der Waals surface area contributed by atoms with Gasteiger partial charge in [0.05, 0.1) is 6.04 Å². The van der Waals surface area contributed by atoms with Gasteiger partial charge in [-0.1, -0.05) is 50.6 Å². The minimum absolute atomic E-state index is 0. The zero-order valence-corrected chi connectivity index (χ0v) is 14.0. The molecule has 120 valence electrons. The Morgan fingerprint density at radius 2 is 1.95 bits per heavy atom. The molecule has 2 unspecified atom stereocenters. The van der Waals surface area contributed by atoms with Gasteiger partial charge in [-0.2, -0.15) is 0 Å². The maximum Gasteiger partial charge on any atom is 0.237 e. The average molecular weight is 314 g/mol. The highest BCUT2D eigenvalue weighted by Gasteiger charge is 2.18. The fourth-order valence-electron chi connectivity index (χ4n) is 1.97. The number of amides is 1. The molecule has 4 nitrogen and oxygen atoms in total. The van der Waals surface area contributed by atoms with E-state index in [9.17, 15) is 4.79 Å². The van der Waals surface area contributed by atoms with Crippen LogP contribution in [0.1, 0.15) is 25.8 Å². The quantitative estimate of drug-likeness (QED) is 0.772. The monoisotopic (exact) mass is 313 g/mol. The molecule has 0 aliphatic rings. The number of halogens is 1. The first-order valence-electron chi connectivity index (χ1n) is 7.30. The summed E-state index contributed by atoms with van der Waals surface area (Å²) in [4.78, 5) is 14.0. The van der Waals surface area contributed by atoms with Gasteiger partial charge in [-0.3, -0.25) is 4.79 Å². The maximum atomic E-state index is 11.8. The van der Waals surface area contributed by atoms with Crippen molar-refractivity contribution < 1.29 is 4.79 Å². The molecule has 1 rings (SSSR count). The number of likely N-dealkylation sites (N-methyl/N-ethyl adjacent to an activating group) is 1. The highest BCUT2D eigenvalue weighted by Crippen LogP contribution is 2.05. The molecule has 0 saturated carbocycles. The molecule has 5 heteroatoms. The zero-order chi connectivity index (χ0) is 15.0. The Hall–Kier alpha value is -1.10. The molecular formula is C16H28ClN3O. The molecule has 0 heterocycles. The number of hydrogen-bond donors (Lipinski definition) is 2. The van der Waals surface area contributed by atoms with E-state index in [1.807, 2.05) is 39.1 Å². The Morgan fingerprint density at radius 3 is 2.52 bits per heavy atom. The van der Waals surface area contributed by atoms with Gasteiger partial charge >= 0.3 is 0 Å². The smallest absolute Gasteiger partial charge is 0.237 e. The van der Waals surface area contributed by atoms with Crippen molar-refractivity contribution in [1.29, 1.82) is 0 Å². The van der Waals surface area contributed by atoms with Gasteiger partial charge < -0.3 is 16.0 Å². The lowest BCUT2D eigenvalue weighted by Gasteiger charge is -2.20. The van der Waals surface area contributed by atoms with Gasteiger partial charge in [-0.05, 0) is 18.5 Å². The van der Waals surface area contributed by atoms with E-state index in [-0.39, 0.29) is 24.2 Å². The predicted molar refractivity (Wildman–Crippen MR) is 90.5 cm³/mol. The van der Waals surface area contributed by atoms with Crippen LogP contribution in [-0.2, 0) is 11.3 Å². The molecule has 0 aliphatic heterocycles. The Labute approximate surface area is 134 Å². The number of nitrogens with two attached hydrogens (primary N) is 1. The number of rotatable bonds is 8. The van der Waals surface area contributed by atoms with E-state index in [2.05, 4.69) is 22.3 Å². The van der Waals surface area contributed by atoms with Crippen molar-refractivity contribution in [3.05, 3.63) is 35.9 Å². The molecule has 2 atom stereocenters. The number of benzene rings is 1. The zero-order valence-electron chi connectivity index (χ0n) is 13.2. The molecule has 0 fully saturated rings. The van der Waals surface area contributed by atoms with Crippen LogP contribution >= 0.6 is 12.4 Å². The molecule has 0 bridgehead atoms. The summed E-state index contributed by atoms with van der Waals surface area (Å²) < 4.78 is 0. The van der Waals surface area contributed by atoms with Crippen LogP contribution in [0.5, 0.6) is 0 Å². The first kappa shape index (κ1) is 19.9. The second-order valence-electron chi connectivity index (χ2n) is 5.43. The van der Waals surface area contributed by atoms with Crippen LogP contribution in [0.3, 0.4) is 0 Å². The first-order valence-corrected chi connectivity index (χ1v) is 7.30. The third kappa shape index (κ3) is 7.46. The number of nitrogens with one attached hydrogen (secondary N) is 1. The predicted octanol–water partition coefficient (Wildman–Crippen LogP) is 2.03. The molecule has 0 saturated heterocycles. The third-order valence-electron chi connectivity index (χ3n) is 3.65. The van der Waals surface area contributed by atoms with E-state index in [4.69, 9.17) is 5.73 Å². The standard InChI is InChI=1S/C16H27N3O.ClH/c1-4-13(2)15(17)16(20)18-10-11-19(3)12-14-8-6-5-7-9-14;/h5-9,13,15H,4,10-12,17H2,1-3H3,(H,18,20);1H. The summed E-state index contributed by atoms with van der Waals surface area (Å²) in [7, 11) is 2.05. The van der Waals surface area contributed by atoms with Gasteiger partial charge in [0.1, 0.15) is 0 Å². The number of hydrogen-bond acceptors (Lipinski definition) is 3. The van der Waals surface area contributed by atoms with Crippen molar-refractivity contribution in [3.63, 3.8) is 0 Å². The summed E-state index contributed by atoms with van der Waals surface area (Å²) in [6, 6.07) is 9.90. The number of carbonyl (C=O) groups is 1. The van der Waals surface area contributed by atoms with Crippen molar-refractivity contribution in [1.82, 2.24) is 10.2 Å². The van der Waals surface area contributed by atoms with E-state index < -0.39 is 6.04 Å². The molecule has 3 N–H and O–H groups in total. The number of carbonyl (C=O) groups excluding carboxylic acids is 1. The van der Waals surface area contributed by atoms with Gasteiger partial charge in [0.25, 0.3) is 0 Å². The van der Waals surface area contributed by atoms with Crippen LogP contribution in [0, 0.1) is 5.92 Å². The maximum absolute atomic E-state index is 11.8. The van der Waals surface area contributed by atoms with Crippen LogP contribution < -0.4 is 11.1 Å². The van der Waals surface area contributed by atoms with Gasteiger partial charge in [-0.15, -0.1) is 12.4 Å². The molecule has 0 radical (unpaired) electrons. The van der Waals surface area contributed by atoms with E-state index >= 15 is 0 Å². The summed E-state index contributed by atoms with van der Waals surface area (Å²) in [5, 5.41) is 2.91. The highest BCUT2D eigenvalue weighted by atomic mass is 35.5. The van der Waals surface area contributed by atoms with Gasteiger partial charge in [0.15, 0.2) is 0 Å². The molecule has 0 aromatic heterocycles. The fraction of sp³-hybridized carbons (Fsp3) is 0.562. The highest BCUT2D eigenvalue weighted by molar-refractivity contribution is 5.85. The second-order valence-corrected chi connectivity index (χ2v) is 5.43. The van der Waals surface area contributed by atoms with Crippen LogP contribution in [0.2, 0.25) is 0 Å². The summed E-state index contributed by atoms with van der Waals surface area (Å²) in [6.45, 7) is 6.38. The summed E-state index contributed by atoms with van der Waals surface area (Å²) in [6.07, 6.45) is 0.919. The van der Waals surface area contributed by atoms with E-state index in [1.54, 1.807) is 0 Å². The fourth-order valence-corrected chi connectivity index (χ4v) is 1.97. The molecule has 1 amide bonds. The van der Waals surface area contributed by atoms with Crippen LogP contribution in [0.15, 0.2) is 30.3 Å². The van der Waals surface area contributed by atoms with E-state index in [0.29, 0.717) is 6.54 Å². The molecule has 21 heavy (non-hydrogen) atoms. The Bertz CT molecular complexity index is 400. The van der Waals surface area contributed by atoms with Crippen LogP contribution in [0.25, 0.3) is 0 Å². The topological polar surface area (TPSA) is 58.4 Å². The van der Waals surface area contributed by atoms with Crippen LogP contribution in [0.4, 0.5) is 0 Å². The molecular weight excluding hydrogens is 286 g/mol. The Kier molecular flexibility index (Phi) is 10.0. The molecule has 0 aliphatic carbocycles.